The molecule has 0 aliphatic heterocycles. The first-order chi connectivity index (χ1) is 10.8. The third-order valence-corrected chi connectivity index (χ3v) is 4.00. The van der Waals surface area contributed by atoms with Gasteiger partial charge in [-0.05, 0) is 45.2 Å². The maximum Gasteiger partial charge on any atom is 0.235 e. The van der Waals surface area contributed by atoms with Gasteiger partial charge in [0.25, 0.3) is 0 Å². The van der Waals surface area contributed by atoms with Crippen LogP contribution in [0, 0.1) is 5.41 Å². The van der Waals surface area contributed by atoms with E-state index in [4.69, 9.17) is 4.74 Å². The van der Waals surface area contributed by atoms with Crippen molar-refractivity contribution in [3.05, 3.63) is 29.8 Å². The standard InChI is InChI=1S/C18H28N2O3/c1-6-13(2)20-17(22)18(3,4)16(21)19-12-11-14-9-7-8-10-15(14)23-5/h7-10,13H,6,11-12H2,1-5H3,(H,19,21)(H,20,22). The van der Waals surface area contributed by atoms with Crippen molar-refractivity contribution in [3.63, 3.8) is 0 Å². The number of para-hydroxylation sites is 1. The third-order valence-electron chi connectivity index (χ3n) is 4.00. The van der Waals surface area contributed by atoms with Crippen LogP contribution >= 0.6 is 0 Å². The number of rotatable bonds is 8. The highest BCUT2D eigenvalue weighted by molar-refractivity contribution is 6.04. The molecule has 1 unspecified atom stereocenters. The molecule has 0 spiro atoms. The minimum absolute atomic E-state index is 0.0585. The molecule has 0 saturated carbocycles. The molecule has 2 amide bonds. The summed E-state index contributed by atoms with van der Waals surface area (Å²) in [5.41, 5.74) is -0.0679. The molecule has 0 fully saturated rings. The van der Waals surface area contributed by atoms with E-state index in [0.717, 1.165) is 17.7 Å². The zero-order valence-corrected chi connectivity index (χ0v) is 14.7. The van der Waals surface area contributed by atoms with Gasteiger partial charge in [-0.15, -0.1) is 0 Å². The fourth-order valence-electron chi connectivity index (χ4n) is 2.05. The van der Waals surface area contributed by atoms with Gasteiger partial charge in [-0.1, -0.05) is 25.1 Å². The Morgan fingerprint density at radius 3 is 2.48 bits per heavy atom. The van der Waals surface area contributed by atoms with Crippen molar-refractivity contribution in [2.45, 2.75) is 46.6 Å². The average molecular weight is 320 g/mol. The van der Waals surface area contributed by atoms with Crippen LogP contribution in [0.5, 0.6) is 5.75 Å². The Morgan fingerprint density at radius 1 is 1.22 bits per heavy atom. The molecule has 0 heterocycles. The minimum Gasteiger partial charge on any atom is -0.496 e. The first-order valence-corrected chi connectivity index (χ1v) is 8.04. The van der Waals surface area contributed by atoms with Gasteiger partial charge in [0.2, 0.25) is 11.8 Å². The first-order valence-electron chi connectivity index (χ1n) is 8.04. The van der Waals surface area contributed by atoms with Crippen LogP contribution in [0.2, 0.25) is 0 Å². The summed E-state index contributed by atoms with van der Waals surface area (Å²) in [7, 11) is 1.62. The summed E-state index contributed by atoms with van der Waals surface area (Å²) < 4.78 is 5.29. The quantitative estimate of drug-likeness (QED) is 0.722. The number of nitrogens with one attached hydrogen (secondary N) is 2. The third kappa shape index (κ3) is 5.27. The Kier molecular flexibility index (Phi) is 7.07. The molecule has 0 radical (unpaired) electrons. The number of carbonyl (C=O) groups is 2. The van der Waals surface area contributed by atoms with Crippen LogP contribution in [0.1, 0.15) is 39.7 Å². The van der Waals surface area contributed by atoms with E-state index >= 15 is 0 Å². The molecule has 2 N–H and O–H groups in total. The molecule has 1 aromatic rings. The van der Waals surface area contributed by atoms with Crippen LogP contribution in [0.4, 0.5) is 0 Å². The van der Waals surface area contributed by atoms with Crippen molar-refractivity contribution in [3.8, 4) is 5.75 Å². The Hall–Kier alpha value is -2.04. The molecule has 1 rings (SSSR count). The number of benzene rings is 1. The fraction of sp³-hybridized carbons (Fsp3) is 0.556. The molecule has 5 heteroatoms. The normalized spacial score (nSPS) is 12.4. The van der Waals surface area contributed by atoms with Gasteiger partial charge < -0.3 is 15.4 Å². The predicted molar refractivity (Wildman–Crippen MR) is 91.4 cm³/mol. The SMILES string of the molecule is CCC(C)NC(=O)C(C)(C)C(=O)NCCc1ccccc1OC. The average Bonchev–Trinajstić information content (AvgIpc) is 2.54. The van der Waals surface area contributed by atoms with Crippen molar-refractivity contribution in [1.29, 1.82) is 0 Å². The van der Waals surface area contributed by atoms with Crippen LogP contribution in [0.3, 0.4) is 0 Å². The second-order valence-electron chi connectivity index (χ2n) is 6.23. The summed E-state index contributed by atoms with van der Waals surface area (Å²) >= 11 is 0. The monoisotopic (exact) mass is 320 g/mol. The van der Waals surface area contributed by atoms with Gasteiger partial charge in [-0.3, -0.25) is 9.59 Å². The van der Waals surface area contributed by atoms with E-state index < -0.39 is 5.41 Å². The van der Waals surface area contributed by atoms with Gasteiger partial charge in [0.15, 0.2) is 0 Å². The molecule has 23 heavy (non-hydrogen) atoms. The summed E-state index contributed by atoms with van der Waals surface area (Å²) in [6.45, 7) is 7.66. The second kappa shape index (κ2) is 8.56. The summed E-state index contributed by atoms with van der Waals surface area (Å²) in [5.74, 6) is 0.283. The Bertz CT molecular complexity index is 541. The van der Waals surface area contributed by atoms with Crippen LogP contribution < -0.4 is 15.4 Å². The molecule has 1 aromatic carbocycles. The lowest BCUT2D eigenvalue weighted by Crippen LogP contribution is -2.50. The van der Waals surface area contributed by atoms with Gasteiger partial charge in [0, 0.05) is 12.6 Å². The summed E-state index contributed by atoms with van der Waals surface area (Å²) in [6.07, 6.45) is 1.48. The van der Waals surface area contributed by atoms with Crippen LogP contribution in [0.25, 0.3) is 0 Å². The number of hydrogen-bond donors (Lipinski definition) is 2. The van der Waals surface area contributed by atoms with Crippen LogP contribution in [-0.2, 0) is 16.0 Å². The maximum absolute atomic E-state index is 12.3. The van der Waals surface area contributed by atoms with Crippen LogP contribution in [0.15, 0.2) is 24.3 Å². The lowest BCUT2D eigenvalue weighted by Gasteiger charge is -2.24. The summed E-state index contributed by atoms with van der Waals surface area (Å²) in [5, 5.41) is 5.70. The van der Waals surface area contributed by atoms with E-state index in [1.165, 1.54) is 0 Å². The number of methoxy groups -OCH3 is 1. The van der Waals surface area contributed by atoms with E-state index in [1.54, 1.807) is 21.0 Å². The zero-order valence-electron chi connectivity index (χ0n) is 14.7. The molecule has 128 valence electrons. The Morgan fingerprint density at radius 2 is 1.87 bits per heavy atom. The van der Waals surface area contributed by atoms with Crippen molar-refractivity contribution >= 4 is 11.8 Å². The highest BCUT2D eigenvalue weighted by atomic mass is 16.5. The lowest BCUT2D eigenvalue weighted by molar-refractivity contribution is -0.141. The molecule has 1 atom stereocenters. The number of carbonyl (C=O) groups excluding carboxylic acids is 2. The Balaban J connectivity index is 2.56. The van der Waals surface area contributed by atoms with Crippen LogP contribution in [-0.4, -0.2) is 31.5 Å². The second-order valence-corrected chi connectivity index (χ2v) is 6.23. The fourth-order valence-corrected chi connectivity index (χ4v) is 2.05. The summed E-state index contributed by atoms with van der Waals surface area (Å²) in [4.78, 5) is 24.5. The van der Waals surface area contributed by atoms with Gasteiger partial charge in [0.05, 0.1) is 7.11 Å². The van der Waals surface area contributed by atoms with Gasteiger partial charge >= 0.3 is 0 Å². The lowest BCUT2D eigenvalue weighted by atomic mass is 9.90. The largest absolute Gasteiger partial charge is 0.496 e. The molecule has 5 nitrogen and oxygen atoms in total. The number of ether oxygens (including phenoxy) is 1. The van der Waals surface area contributed by atoms with E-state index in [2.05, 4.69) is 10.6 Å². The van der Waals surface area contributed by atoms with E-state index in [0.29, 0.717) is 13.0 Å². The highest BCUT2D eigenvalue weighted by Gasteiger charge is 2.36. The Labute approximate surface area is 138 Å². The molecule has 0 bridgehead atoms. The first kappa shape index (κ1) is 19.0. The van der Waals surface area contributed by atoms with E-state index in [1.807, 2.05) is 38.1 Å². The van der Waals surface area contributed by atoms with Gasteiger partial charge in [-0.2, -0.15) is 0 Å². The predicted octanol–water partition coefficient (Wildman–Crippen LogP) is 2.29. The summed E-state index contributed by atoms with van der Waals surface area (Å²) in [6, 6.07) is 7.75. The topological polar surface area (TPSA) is 67.4 Å². The highest BCUT2D eigenvalue weighted by Crippen LogP contribution is 2.18. The van der Waals surface area contributed by atoms with Gasteiger partial charge in [-0.25, -0.2) is 0 Å². The number of hydrogen-bond acceptors (Lipinski definition) is 3. The molecular weight excluding hydrogens is 292 g/mol. The van der Waals surface area contributed by atoms with Crippen molar-refractivity contribution in [1.82, 2.24) is 10.6 Å². The molecule has 0 aromatic heterocycles. The van der Waals surface area contributed by atoms with Crippen molar-refractivity contribution in [2.75, 3.05) is 13.7 Å². The van der Waals surface area contributed by atoms with E-state index in [-0.39, 0.29) is 17.9 Å². The molecule has 0 aliphatic rings. The molecular formula is C18H28N2O3. The maximum atomic E-state index is 12.3. The molecule has 0 aliphatic carbocycles. The smallest absolute Gasteiger partial charge is 0.235 e. The molecule has 0 saturated heterocycles. The van der Waals surface area contributed by atoms with Crippen molar-refractivity contribution in [2.24, 2.45) is 5.41 Å². The van der Waals surface area contributed by atoms with Crippen molar-refractivity contribution < 1.29 is 14.3 Å². The zero-order chi connectivity index (χ0) is 17.5. The minimum atomic E-state index is -1.09. The van der Waals surface area contributed by atoms with E-state index in [9.17, 15) is 9.59 Å². The number of amides is 2. The van der Waals surface area contributed by atoms with Gasteiger partial charge in [0.1, 0.15) is 11.2 Å².